The summed E-state index contributed by atoms with van der Waals surface area (Å²) in [7, 11) is 1.51. The Bertz CT molecular complexity index is 578. The predicted molar refractivity (Wildman–Crippen MR) is 83.5 cm³/mol. The standard InChI is InChI=1S/C14H18N4O2S/c1-4-9-15-12-16-13(19-2)18-14(17-12)20-10-5-7-11(21-3)8-6-10/h5-8H,4,9H2,1-3H3,(H,15,16,17,18). The van der Waals surface area contributed by atoms with E-state index >= 15 is 0 Å². The highest BCUT2D eigenvalue weighted by Crippen LogP contribution is 2.23. The molecule has 1 N–H and O–H groups in total. The van der Waals surface area contributed by atoms with Gasteiger partial charge in [-0.3, -0.25) is 0 Å². The van der Waals surface area contributed by atoms with Crippen LogP contribution in [0.1, 0.15) is 13.3 Å². The zero-order valence-electron chi connectivity index (χ0n) is 12.3. The molecule has 1 heterocycles. The van der Waals surface area contributed by atoms with Gasteiger partial charge >= 0.3 is 12.0 Å². The summed E-state index contributed by atoms with van der Waals surface area (Å²) in [6.45, 7) is 2.84. The third kappa shape index (κ3) is 4.49. The molecule has 0 unspecified atom stereocenters. The number of methoxy groups -OCH3 is 1. The van der Waals surface area contributed by atoms with E-state index in [9.17, 15) is 0 Å². The van der Waals surface area contributed by atoms with Gasteiger partial charge in [0.25, 0.3) is 0 Å². The summed E-state index contributed by atoms with van der Waals surface area (Å²) in [5.74, 6) is 1.11. The van der Waals surface area contributed by atoms with E-state index in [-0.39, 0.29) is 12.0 Å². The molecule has 0 spiro atoms. The van der Waals surface area contributed by atoms with Crippen LogP contribution in [0.15, 0.2) is 29.2 Å². The molecule has 1 aromatic heterocycles. The Balaban J connectivity index is 2.16. The van der Waals surface area contributed by atoms with Crippen LogP contribution in [0, 0.1) is 0 Å². The molecule has 0 radical (unpaired) electrons. The molecule has 7 heteroatoms. The van der Waals surface area contributed by atoms with Gasteiger partial charge in [0, 0.05) is 11.4 Å². The summed E-state index contributed by atoms with van der Waals surface area (Å²) < 4.78 is 10.7. The van der Waals surface area contributed by atoms with Gasteiger partial charge in [0.2, 0.25) is 5.95 Å². The zero-order chi connectivity index (χ0) is 15.1. The minimum atomic E-state index is 0.206. The first kappa shape index (κ1) is 15.4. The van der Waals surface area contributed by atoms with E-state index < -0.39 is 0 Å². The Kier molecular flexibility index (Phi) is 5.62. The van der Waals surface area contributed by atoms with E-state index in [0.717, 1.165) is 13.0 Å². The molecule has 0 aliphatic heterocycles. The van der Waals surface area contributed by atoms with Gasteiger partial charge in [-0.25, -0.2) is 0 Å². The van der Waals surface area contributed by atoms with Crippen LogP contribution in [0.5, 0.6) is 17.8 Å². The van der Waals surface area contributed by atoms with Crippen molar-refractivity contribution in [1.82, 2.24) is 15.0 Å². The number of aromatic nitrogens is 3. The third-order valence-corrected chi connectivity index (χ3v) is 3.32. The van der Waals surface area contributed by atoms with Gasteiger partial charge in [-0.15, -0.1) is 16.7 Å². The molecule has 2 aromatic rings. The quantitative estimate of drug-likeness (QED) is 0.788. The molecule has 112 valence electrons. The van der Waals surface area contributed by atoms with Crippen molar-refractivity contribution in [3.05, 3.63) is 24.3 Å². The van der Waals surface area contributed by atoms with Crippen molar-refractivity contribution >= 4 is 17.7 Å². The number of hydrogen-bond donors (Lipinski definition) is 1. The van der Waals surface area contributed by atoms with Gasteiger partial charge in [-0.1, -0.05) is 6.92 Å². The normalized spacial score (nSPS) is 10.2. The molecule has 0 aliphatic rings. The summed E-state index contributed by atoms with van der Waals surface area (Å²) in [4.78, 5) is 13.6. The lowest BCUT2D eigenvalue weighted by Gasteiger charge is -2.08. The summed E-state index contributed by atoms with van der Waals surface area (Å²) >= 11 is 1.67. The number of ether oxygens (including phenoxy) is 2. The lowest BCUT2D eigenvalue weighted by molar-refractivity contribution is 0.360. The Hall–Kier alpha value is -2.02. The fraction of sp³-hybridized carbons (Fsp3) is 0.357. The molecule has 2 rings (SSSR count). The van der Waals surface area contributed by atoms with Gasteiger partial charge in [0.15, 0.2) is 0 Å². The van der Waals surface area contributed by atoms with Crippen molar-refractivity contribution in [2.24, 2.45) is 0 Å². The number of hydrogen-bond acceptors (Lipinski definition) is 7. The largest absolute Gasteiger partial charge is 0.467 e. The molecule has 0 fully saturated rings. The van der Waals surface area contributed by atoms with E-state index in [1.807, 2.05) is 30.5 Å². The lowest BCUT2D eigenvalue weighted by atomic mass is 10.3. The Labute approximate surface area is 128 Å². The first-order valence-electron chi connectivity index (χ1n) is 6.61. The van der Waals surface area contributed by atoms with Crippen LogP contribution >= 0.6 is 11.8 Å². The fourth-order valence-corrected chi connectivity index (χ4v) is 1.95. The SMILES string of the molecule is CCCNc1nc(OC)nc(Oc2ccc(SC)cc2)n1. The van der Waals surface area contributed by atoms with Gasteiger partial charge in [0.05, 0.1) is 7.11 Å². The molecule has 6 nitrogen and oxygen atoms in total. The lowest BCUT2D eigenvalue weighted by Crippen LogP contribution is -2.07. The average Bonchev–Trinajstić information content (AvgIpc) is 2.53. The highest BCUT2D eigenvalue weighted by atomic mass is 32.2. The van der Waals surface area contributed by atoms with Crippen molar-refractivity contribution in [3.8, 4) is 17.8 Å². The molecule has 0 bridgehead atoms. The van der Waals surface area contributed by atoms with Crippen LogP contribution < -0.4 is 14.8 Å². The van der Waals surface area contributed by atoms with E-state index in [1.54, 1.807) is 11.8 Å². The van der Waals surface area contributed by atoms with E-state index in [1.165, 1.54) is 12.0 Å². The van der Waals surface area contributed by atoms with E-state index in [2.05, 4.69) is 27.2 Å². The second-order valence-corrected chi connectivity index (χ2v) is 5.01. The number of nitrogens with zero attached hydrogens (tertiary/aromatic N) is 3. The molecular weight excluding hydrogens is 288 g/mol. The maximum atomic E-state index is 5.65. The van der Waals surface area contributed by atoms with E-state index in [4.69, 9.17) is 9.47 Å². The van der Waals surface area contributed by atoms with Crippen molar-refractivity contribution in [1.29, 1.82) is 0 Å². The number of nitrogens with one attached hydrogen (secondary N) is 1. The van der Waals surface area contributed by atoms with Crippen LogP contribution in [0.4, 0.5) is 5.95 Å². The van der Waals surface area contributed by atoms with Crippen LogP contribution in [-0.4, -0.2) is 34.9 Å². The molecule has 0 aliphatic carbocycles. The number of benzene rings is 1. The summed E-state index contributed by atoms with van der Waals surface area (Å²) in [5.41, 5.74) is 0. The second kappa shape index (κ2) is 7.68. The second-order valence-electron chi connectivity index (χ2n) is 4.13. The maximum absolute atomic E-state index is 5.65. The Morgan fingerprint density at radius 2 is 1.81 bits per heavy atom. The highest BCUT2D eigenvalue weighted by molar-refractivity contribution is 7.98. The summed E-state index contributed by atoms with van der Waals surface area (Å²) in [5, 5.41) is 3.09. The number of anilines is 1. The third-order valence-electron chi connectivity index (χ3n) is 2.58. The minimum absolute atomic E-state index is 0.206. The number of rotatable bonds is 7. The van der Waals surface area contributed by atoms with Gasteiger partial charge < -0.3 is 14.8 Å². The van der Waals surface area contributed by atoms with Crippen molar-refractivity contribution in [3.63, 3.8) is 0 Å². The maximum Gasteiger partial charge on any atom is 0.330 e. The summed E-state index contributed by atoms with van der Waals surface area (Å²) in [6, 6.07) is 8.14. The first-order valence-corrected chi connectivity index (χ1v) is 7.83. The Morgan fingerprint density at radius 3 is 2.43 bits per heavy atom. The highest BCUT2D eigenvalue weighted by Gasteiger charge is 2.08. The fourth-order valence-electron chi connectivity index (χ4n) is 1.54. The van der Waals surface area contributed by atoms with E-state index in [0.29, 0.717) is 11.7 Å². The molecular formula is C14H18N4O2S. The van der Waals surface area contributed by atoms with Crippen molar-refractivity contribution < 1.29 is 9.47 Å². The zero-order valence-corrected chi connectivity index (χ0v) is 13.1. The monoisotopic (exact) mass is 306 g/mol. The molecule has 1 aromatic carbocycles. The van der Waals surface area contributed by atoms with Crippen LogP contribution in [0.2, 0.25) is 0 Å². The average molecular weight is 306 g/mol. The van der Waals surface area contributed by atoms with Crippen molar-refractivity contribution in [2.45, 2.75) is 18.2 Å². The summed E-state index contributed by atoms with van der Waals surface area (Å²) in [6.07, 6.45) is 3.00. The smallest absolute Gasteiger partial charge is 0.330 e. The molecule has 0 atom stereocenters. The molecule has 0 amide bonds. The minimum Gasteiger partial charge on any atom is -0.467 e. The van der Waals surface area contributed by atoms with Crippen molar-refractivity contribution in [2.75, 3.05) is 25.2 Å². The van der Waals surface area contributed by atoms with Gasteiger partial charge in [-0.05, 0) is 36.9 Å². The first-order chi connectivity index (χ1) is 10.2. The molecule has 0 saturated heterocycles. The predicted octanol–water partition coefficient (Wildman–Crippen LogP) is 3.22. The molecule has 21 heavy (non-hydrogen) atoms. The van der Waals surface area contributed by atoms with Crippen LogP contribution in [0.3, 0.4) is 0 Å². The Morgan fingerprint density at radius 1 is 1.10 bits per heavy atom. The van der Waals surface area contributed by atoms with Gasteiger partial charge in [0.1, 0.15) is 5.75 Å². The molecule has 0 saturated carbocycles. The topological polar surface area (TPSA) is 69.2 Å². The van der Waals surface area contributed by atoms with Gasteiger partial charge in [-0.2, -0.15) is 9.97 Å². The van der Waals surface area contributed by atoms with Crippen LogP contribution in [-0.2, 0) is 0 Å². The van der Waals surface area contributed by atoms with Crippen LogP contribution in [0.25, 0.3) is 0 Å². The number of thioether (sulfide) groups is 1.